The molecule has 0 saturated heterocycles. The summed E-state index contributed by atoms with van der Waals surface area (Å²) in [6.07, 6.45) is -0.0463. The van der Waals surface area contributed by atoms with Crippen molar-refractivity contribution in [3.8, 4) is 6.07 Å². The molecular weight excluding hydrogens is 226 g/mol. The van der Waals surface area contributed by atoms with Crippen molar-refractivity contribution in [1.82, 2.24) is 0 Å². The van der Waals surface area contributed by atoms with Gasteiger partial charge in [-0.2, -0.15) is 16.6 Å². The Kier molecular flexibility index (Phi) is 2.80. The predicted octanol–water partition coefficient (Wildman–Crippen LogP) is 2.61. The van der Waals surface area contributed by atoms with Crippen molar-refractivity contribution in [1.29, 1.82) is 5.26 Å². The second-order valence-electron chi connectivity index (χ2n) is 1.89. The van der Waals surface area contributed by atoms with E-state index in [1.54, 1.807) is 5.38 Å². The molecule has 0 amide bonds. The van der Waals surface area contributed by atoms with Crippen LogP contribution in [-0.2, 0) is 0 Å². The molecule has 0 spiro atoms. The van der Waals surface area contributed by atoms with Crippen LogP contribution in [0.2, 0.25) is 0 Å². The van der Waals surface area contributed by atoms with Gasteiger partial charge in [0.1, 0.15) is 0 Å². The minimum absolute atomic E-state index is 0.0463. The molecule has 0 aromatic carbocycles. The number of carbonyl (C=O) groups excluding carboxylic acids is 1. The Labute approximate surface area is 76.6 Å². The molecule has 1 aromatic rings. The van der Waals surface area contributed by atoms with Crippen molar-refractivity contribution in [3.05, 3.63) is 20.8 Å². The van der Waals surface area contributed by atoms with Crippen LogP contribution >= 0.6 is 27.3 Å². The van der Waals surface area contributed by atoms with Crippen LogP contribution in [0.1, 0.15) is 16.8 Å². The molecule has 4 heteroatoms. The van der Waals surface area contributed by atoms with Crippen LogP contribution in [0.3, 0.4) is 0 Å². The maximum absolute atomic E-state index is 11.1. The number of nitrogens with zero attached hydrogens (tertiary/aromatic N) is 1. The molecule has 0 saturated carbocycles. The molecule has 0 N–H and O–H groups in total. The van der Waals surface area contributed by atoms with E-state index in [1.165, 1.54) is 11.3 Å². The lowest BCUT2D eigenvalue weighted by Crippen LogP contribution is -1.94. The molecular formula is C7H4BrNOS. The molecule has 0 aliphatic heterocycles. The van der Waals surface area contributed by atoms with Gasteiger partial charge in [0.15, 0.2) is 5.78 Å². The number of halogens is 1. The van der Waals surface area contributed by atoms with Crippen LogP contribution in [-0.4, -0.2) is 5.78 Å². The van der Waals surface area contributed by atoms with E-state index < -0.39 is 0 Å². The van der Waals surface area contributed by atoms with Gasteiger partial charge in [0, 0.05) is 20.8 Å². The molecule has 1 aromatic heterocycles. The molecule has 0 bridgehead atoms. The Hall–Kier alpha value is -0.660. The van der Waals surface area contributed by atoms with Gasteiger partial charge in [0.05, 0.1) is 12.5 Å². The van der Waals surface area contributed by atoms with Crippen molar-refractivity contribution >= 4 is 33.0 Å². The van der Waals surface area contributed by atoms with Gasteiger partial charge >= 0.3 is 0 Å². The van der Waals surface area contributed by atoms with E-state index in [4.69, 9.17) is 5.26 Å². The molecule has 1 heterocycles. The van der Waals surface area contributed by atoms with Crippen molar-refractivity contribution in [2.24, 2.45) is 0 Å². The molecule has 2 nitrogen and oxygen atoms in total. The highest BCUT2D eigenvalue weighted by molar-refractivity contribution is 9.10. The number of hydrogen-bond donors (Lipinski definition) is 0. The summed E-state index contributed by atoms with van der Waals surface area (Å²) < 4.78 is 0.780. The average Bonchev–Trinajstić information content (AvgIpc) is 2.36. The largest absolute Gasteiger partial charge is 0.293 e. The van der Waals surface area contributed by atoms with Gasteiger partial charge in [-0.05, 0) is 15.9 Å². The zero-order valence-corrected chi connectivity index (χ0v) is 7.91. The van der Waals surface area contributed by atoms with E-state index >= 15 is 0 Å². The van der Waals surface area contributed by atoms with Gasteiger partial charge in [-0.1, -0.05) is 0 Å². The van der Waals surface area contributed by atoms with Crippen molar-refractivity contribution in [2.75, 3.05) is 0 Å². The summed E-state index contributed by atoms with van der Waals surface area (Å²) in [6, 6.07) is 1.82. The lowest BCUT2D eigenvalue weighted by molar-refractivity contribution is 0.0997. The lowest BCUT2D eigenvalue weighted by Gasteiger charge is -1.89. The summed E-state index contributed by atoms with van der Waals surface area (Å²) in [7, 11) is 0. The van der Waals surface area contributed by atoms with Gasteiger partial charge in [0.25, 0.3) is 0 Å². The summed E-state index contributed by atoms with van der Waals surface area (Å²) >= 11 is 4.66. The molecule has 0 aliphatic carbocycles. The van der Waals surface area contributed by atoms with Crippen LogP contribution in [0.15, 0.2) is 15.2 Å². The Morgan fingerprint density at radius 1 is 1.73 bits per heavy atom. The van der Waals surface area contributed by atoms with Crippen molar-refractivity contribution in [3.63, 3.8) is 0 Å². The first-order valence-electron chi connectivity index (χ1n) is 2.87. The number of Topliss-reactive ketones (excluding diaryl/α,β-unsaturated/α-hetero) is 1. The third kappa shape index (κ3) is 1.88. The number of thiophene rings is 1. The Balaban J connectivity index is 2.86. The molecule has 56 valence electrons. The fraction of sp³-hybridized carbons (Fsp3) is 0.143. The first-order chi connectivity index (χ1) is 5.25. The summed E-state index contributed by atoms with van der Waals surface area (Å²) in [5.74, 6) is -0.124. The van der Waals surface area contributed by atoms with Gasteiger partial charge in [0.2, 0.25) is 0 Å². The van der Waals surface area contributed by atoms with Crippen LogP contribution in [0.4, 0.5) is 0 Å². The maximum Gasteiger partial charge on any atom is 0.178 e. The van der Waals surface area contributed by atoms with Crippen molar-refractivity contribution in [2.45, 2.75) is 6.42 Å². The number of hydrogen-bond acceptors (Lipinski definition) is 3. The highest BCUT2D eigenvalue weighted by Gasteiger charge is 2.09. The van der Waals surface area contributed by atoms with Gasteiger partial charge in [-0.15, -0.1) is 0 Å². The number of rotatable bonds is 2. The number of nitriles is 1. The average molecular weight is 230 g/mol. The quantitative estimate of drug-likeness (QED) is 0.732. The van der Waals surface area contributed by atoms with Gasteiger partial charge in [-0.3, -0.25) is 4.79 Å². The lowest BCUT2D eigenvalue weighted by atomic mass is 10.2. The minimum Gasteiger partial charge on any atom is -0.293 e. The standard InChI is InChI=1S/C7H4BrNOS/c8-6-4-11-3-5(6)7(10)1-2-9/h3-4H,1H2. The SMILES string of the molecule is N#CCC(=O)c1cscc1Br. The zero-order valence-electron chi connectivity index (χ0n) is 5.50. The normalized spacial score (nSPS) is 9.09. The minimum atomic E-state index is -0.124. The molecule has 11 heavy (non-hydrogen) atoms. The Bertz CT molecular complexity index is 312. The highest BCUT2D eigenvalue weighted by atomic mass is 79.9. The molecule has 0 unspecified atom stereocenters. The van der Waals surface area contributed by atoms with Gasteiger partial charge in [-0.25, -0.2) is 0 Å². The Morgan fingerprint density at radius 3 is 2.91 bits per heavy atom. The van der Waals surface area contributed by atoms with E-state index in [9.17, 15) is 4.79 Å². The van der Waals surface area contributed by atoms with E-state index in [-0.39, 0.29) is 12.2 Å². The van der Waals surface area contributed by atoms with Crippen LogP contribution in [0.5, 0.6) is 0 Å². The third-order valence-electron chi connectivity index (χ3n) is 1.15. The van der Waals surface area contributed by atoms with Gasteiger partial charge < -0.3 is 0 Å². The zero-order chi connectivity index (χ0) is 8.27. The summed E-state index contributed by atoms with van der Waals surface area (Å²) in [5.41, 5.74) is 0.608. The fourth-order valence-corrected chi connectivity index (χ4v) is 2.17. The Morgan fingerprint density at radius 2 is 2.45 bits per heavy atom. The second-order valence-corrected chi connectivity index (χ2v) is 3.49. The number of carbonyl (C=O) groups is 1. The number of ketones is 1. The summed E-state index contributed by atoms with van der Waals surface area (Å²) in [4.78, 5) is 11.1. The monoisotopic (exact) mass is 229 g/mol. The van der Waals surface area contributed by atoms with E-state index in [0.29, 0.717) is 5.56 Å². The highest BCUT2D eigenvalue weighted by Crippen LogP contribution is 2.22. The van der Waals surface area contributed by atoms with E-state index in [2.05, 4.69) is 15.9 Å². The summed E-state index contributed by atoms with van der Waals surface area (Å²) in [5, 5.41) is 11.8. The first kappa shape index (κ1) is 8.44. The molecule has 0 atom stereocenters. The first-order valence-corrected chi connectivity index (χ1v) is 4.61. The predicted molar refractivity (Wildman–Crippen MR) is 46.6 cm³/mol. The summed E-state index contributed by atoms with van der Waals surface area (Å²) in [6.45, 7) is 0. The second kappa shape index (κ2) is 3.65. The maximum atomic E-state index is 11.1. The molecule has 0 radical (unpaired) electrons. The van der Waals surface area contributed by atoms with Crippen LogP contribution < -0.4 is 0 Å². The fourth-order valence-electron chi connectivity index (χ4n) is 0.648. The van der Waals surface area contributed by atoms with Crippen LogP contribution in [0.25, 0.3) is 0 Å². The topological polar surface area (TPSA) is 40.9 Å². The van der Waals surface area contributed by atoms with E-state index in [0.717, 1.165) is 4.47 Å². The van der Waals surface area contributed by atoms with Crippen LogP contribution in [0, 0.1) is 11.3 Å². The molecule has 0 fully saturated rings. The smallest absolute Gasteiger partial charge is 0.178 e. The van der Waals surface area contributed by atoms with E-state index in [1.807, 2.05) is 11.4 Å². The third-order valence-corrected chi connectivity index (χ3v) is 2.86. The molecule has 1 rings (SSSR count). The molecule has 0 aliphatic rings. The van der Waals surface area contributed by atoms with Crippen molar-refractivity contribution < 1.29 is 4.79 Å².